The zero-order valence-corrected chi connectivity index (χ0v) is 10.5. The molecule has 1 aromatic carbocycles. The lowest BCUT2D eigenvalue weighted by Crippen LogP contribution is -1.99. The van der Waals surface area contributed by atoms with Gasteiger partial charge < -0.3 is 15.2 Å². The number of phenols is 1. The zero-order chi connectivity index (χ0) is 13.2. The van der Waals surface area contributed by atoms with E-state index < -0.39 is 0 Å². The van der Waals surface area contributed by atoms with Crippen molar-refractivity contribution in [3.05, 3.63) is 65.6 Å². The third-order valence-electron chi connectivity index (χ3n) is 3.15. The van der Waals surface area contributed by atoms with Crippen LogP contribution >= 0.6 is 0 Å². The van der Waals surface area contributed by atoms with Gasteiger partial charge in [0.15, 0.2) is 0 Å². The molecule has 0 amide bonds. The summed E-state index contributed by atoms with van der Waals surface area (Å²) in [6, 6.07) is 11.2. The van der Waals surface area contributed by atoms with Crippen molar-refractivity contribution in [3.8, 4) is 5.75 Å². The third kappa shape index (κ3) is 2.30. The first-order valence-electron chi connectivity index (χ1n) is 6.20. The van der Waals surface area contributed by atoms with Crippen LogP contribution in [-0.2, 0) is 13.0 Å². The van der Waals surface area contributed by atoms with Gasteiger partial charge in [0.25, 0.3) is 0 Å². The summed E-state index contributed by atoms with van der Waals surface area (Å²) in [5.74, 6) is 0.282. The van der Waals surface area contributed by atoms with Gasteiger partial charge >= 0.3 is 0 Å². The van der Waals surface area contributed by atoms with E-state index in [0.717, 1.165) is 28.9 Å². The number of benzene rings is 1. The quantitative estimate of drug-likeness (QED) is 0.751. The van der Waals surface area contributed by atoms with Crippen molar-refractivity contribution < 1.29 is 5.11 Å². The first-order valence-corrected chi connectivity index (χ1v) is 6.20. The van der Waals surface area contributed by atoms with Gasteiger partial charge in [-0.1, -0.05) is 18.2 Å². The van der Waals surface area contributed by atoms with Crippen molar-refractivity contribution in [1.82, 2.24) is 9.38 Å². The van der Waals surface area contributed by atoms with Gasteiger partial charge in [-0.25, -0.2) is 4.98 Å². The summed E-state index contributed by atoms with van der Waals surface area (Å²) < 4.78 is 2.00. The van der Waals surface area contributed by atoms with Crippen molar-refractivity contribution in [2.75, 3.05) is 0 Å². The van der Waals surface area contributed by atoms with E-state index in [1.54, 1.807) is 12.1 Å². The molecule has 0 aliphatic heterocycles. The molecule has 0 spiro atoms. The highest BCUT2D eigenvalue weighted by Crippen LogP contribution is 2.16. The van der Waals surface area contributed by atoms with Gasteiger partial charge in [0.05, 0.1) is 5.69 Å². The smallest absolute Gasteiger partial charge is 0.141 e. The van der Waals surface area contributed by atoms with Gasteiger partial charge in [-0.2, -0.15) is 0 Å². The first-order chi connectivity index (χ1) is 9.26. The molecule has 19 heavy (non-hydrogen) atoms. The largest absolute Gasteiger partial charge is 0.508 e. The normalized spacial score (nSPS) is 11.0. The van der Waals surface area contributed by atoms with Crippen LogP contribution in [0.3, 0.4) is 0 Å². The molecule has 0 unspecified atom stereocenters. The number of fused-ring (bicyclic) bond motifs is 1. The van der Waals surface area contributed by atoms with E-state index in [1.165, 1.54) is 0 Å². The van der Waals surface area contributed by atoms with E-state index >= 15 is 0 Å². The minimum atomic E-state index is 0.282. The minimum absolute atomic E-state index is 0.282. The number of phenolic OH excluding ortho intramolecular Hbond substituents is 1. The molecule has 3 rings (SSSR count). The Hall–Kier alpha value is -2.33. The zero-order valence-electron chi connectivity index (χ0n) is 10.5. The number of pyridine rings is 1. The van der Waals surface area contributed by atoms with Crippen LogP contribution in [0.1, 0.15) is 16.8 Å². The van der Waals surface area contributed by atoms with E-state index in [1.807, 2.05) is 41.1 Å². The molecule has 0 bridgehead atoms. The van der Waals surface area contributed by atoms with Crippen LogP contribution in [0.25, 0.3) is 5.65 Å². The van der Waals surface area contributed by atoms with E-state index in [-0.39, 0.29) is 5.75 Å². The van der Waals surface area contributed by atoms with Gasteiger partial charge in [-0.05, 0) is 23.8 Å². The van der Waals surface area contributed by atoms with Gasteiger partial charge in [0, 0.05) is 30.9 Å². The standard InChI is InChI=1S/C15H15N3O/c16-9-12-2-1-7-18-10-13(17-15(12)18)8-11-3-5-14(19)6-4-11/h1-7,10,19H,8-9,16H2. The fraction of sp³-hybridized carbons (Fsp3) is 0.133. The number of aromatic hydroxyl groups is 1. The van der Waals surface area contributed by atoms with Crippen LogP contribution in [0.2, 0.25) is 0 Å². The Morgan fingerprint density at radius 3 is 2.68 bits per heavy atom. The van der Waals surface area contributed by atoms with Gasteiger partial charge in [0.2, 0.25) is 0 Å². The number of rotatable bonds is 3. The summed E-state index contributed by atoms with van der Waals surface area (Å²) in [5.41, 5.74) is 9.78. The highest BCUT2D eigenvalue weighted by molar-refractivity contribution is 5.49. The second-order valence-corrected chi connectivity index (χ2v) is 4.54. The highest BCUT2D eigenvalue weighted by Gasteiger charge is 2.06. The molecular weight excluding hydrogens is 238 g/mol. The lowest BCUT2D eigenvalue weighted by atomic mass is 10.1. The summed E-state index contributed by atoms with van der Waals surface area (Å²) in [5, 5.41) is 9.27. The van der Waals surface area contributed by atoms with Crippen LogP contribution in [0, 0.1) is 0 Å². The predicted octanol–water partition coefficient (Wildman–Crippen LogP) is 2.09. The summed E-state index contributed by atoms with van der Waals surface area (Å²) in [4.78, 5) is 4.62. The fourth-order valence-electron chi connectivity index (χ4n) is 2.19. The number of aromatic nitrogens is 2. The van der Waals surface area contributed by atoms with E-state index in [2.05, 4.69) is 4.98 Å². The molecule has 0 fully saturated rings. The molecule has 0 atom stereocenters. The molecule has 2 aromatic heterocycles. The summed E-state index contributed by atoms with van der Waals surface area (Å²) in [7, 11) is 0. The van der Waals surface area contributed by atoms with Gasteiger partial charge in [0.1, 0.15) is 11.4 Å². The molecule has 0 saturated carbocycles. The average molecular weight is 253 g/mol. The van der Waals surface area contributed by atoms with Crippen LogP contribution < -0.4 is 5.73 Å². The Kier molecular flexibility index (Phi) is 2.93. The van der Waals surface area contributed by atoms with Crippen molar-refractivity contribution in [3.63, 3.8) is 0 Å². The highest BCUT2D eigenvalue weighted by atomic mass is 16.3. The Morgan fingerprint density at radius 1 is 1.16 bits per heavy atom. The Bertz CT molecular complexity index is 701. The van der Waals surface area contributed by atoms with Crippen molar-refractivity contribution >= 4 is 5.65 Å². The number of nitrogens with two attached hydrogens (primary N) is 1. The van der Waals surface area contributed by atoms with Crippen LogP contribution in [0.15, 0.2) is 48.8 Å². The molecule has 0 radical (unpaired) electrons. The Morgan fingerprint density at radius 2 is 1.95 bits per heavy atom. The molecule has 4 nitrogen and oxygen atoms in total. The third-order valence-corrected chi connectivity index (χ3v) is 3.15. The average Bonchev–Trinajstić information content (AvgIpc) is 2.83. The second-order valence-electron chi connectivity index (χ2n) is 4.54. The van der Waals surface area contributed by atoms with E-state index in [4.69, 9.17) is 5.73 Å². The maximum absolute atomic E-state index is 9.27. The second kappa shape index (κ2) is 4.74. The number of imidazole rings is 1. The lowest BCUT2D eigenvalue weighted by molar-refractivity contribution is 0.475. The Balaban J connectivity index is 1.95. The summed E-state index contributed by atoms with van der Waals surface area (Å²) in [6.07, 6.45) is 4.73. The fourth-order valence-corrected chi connectivity index (χ4v) is 2.19. The Labute approximate surface area is 111 Å². The van der Waals surface area contributed by atoms with Crippen molar-refractivity contribution in [2.24, 2.45) is 5.73 Å². The molecule has 3 N–H and O–H groups in total. The van der Waals surface area contributed by atoms with Crippen LogP contribution in [0.4, 0.5) is 0 Å². The topological polar surface area (TPSA) is 63.5 Å². The van der Waals surface area contributed by atoms with Gasteiger partial charge in [-0.15, -0.1) is 0 Å². The lowest BCUT2D eigenvalue weighted by Gasteiger charge is -1.98. The molecular formula is C15H15N3O. The van der Waals surface area contributed by atoms with Gasteiger partial charge in [-0.3, -0.25) is 0 Å². The SMILES string of the molecule is NCc1cccn2cc(Cc3ccc(O)cc3)nc12. The number of nitrogens with zero attached hydrogens (tertiary/aromatic N) is 2. The molecule has 0 saturated heterocycles. The van der Waals surface area contributed by atoms with Crippen molar-refractivity contribution in [1.29, 1.82) is 0 Å². The molecule has 0 aliphatic rings. The molecule has 3 aromatic rings. The molecule has 96 valence electrons. The van der Waals surface area contributed by atoms with Crippen LogP contribution in [-0.4, -0.2) is 14.5 Å². The number of hydrogen-bond donors (Lipinski definition) is 2. The molecule has 0 aliphatic carbocycles. The maximum atomic E-state index is 9.27. The summed E-state index contributed by atoms with van der Waals surface area (Å²) in [6.45, 7) is 0.486. The van der Waals surface area contributed by atoms with E-state index in [0.29, 0.717) is 6.54 Å². The maximum Gasteiger partial charge on any atom is 0.141 e. The molecule has 4 heteroatoms. The predicted molar refractivity (Wildman–Crippen MR) is 74.0 cm³/mol. The van der Waals surface area contributed by atoms with E-state index in [9.17, 15) is 5.11 Å². The minimum Gasteiger partial charge on any atom is -0.508 e. The first kappa shape index (κ1) is 11.7. The summed E-state index contributed by atoms with van der Waals surface area (Å²) >= 11 is 0. The molecule has 2 heterocycles. The monoisotopic (exact) mass is 253 g/mol. The number of hydrogen-bond acceptors (Lipinski definition) is 3. The van der Waals surface area contributed by atoms with Crippen molar-refractivity contribution in [2.45, 2.75) is 13.0 Å². The van der Waals surface area contributed by atoms with Crippen LogP contribution in [0.5, 0.6) is 5.75 Å².